The van der Waals surface area contributed by atoms with E-state index in [0.29, 0.717) is 16.7 Å². The molecule has 0 bridgehead atoms. The Labute approximate surface area is 129 Å². The molecule has 1 saturated carbocycles. The third kappa shape index (κ3) is 3.64. The van der Waals surface area contributed by atoms with Crippen LogP contribution in [-0.2, 0) is 10.0 Å². The predicted octanol–water partition coefficient (Wildman–Crippen LogP) is 2.86. The van der Waals surface area contributed by atoms with Crippen LogP contribution in [0.5, 0.6) is 0 Å². The van der Waals surface area contributed by atoms with Crippen molar-refractivity contribution in [2.24, 2.45) is 11.8 Å². The van der Waals surface area contributed by atoms with Gasteiger partial charge in [-0.05, 0) is 44.1 Å². The van der Waals surface area contributed by atoms with Crippen LogP contribution in [0.4, 0.5) is 0 Å². The molecule has 0 amide bonds. The van der Waals surface area contributed by atoms with Gasteiger partial charge in [-0.15, -0.1) is 11.3 Å². The Morgan fingerprint density at radius 3 is 2.52 bits per heavy atom. The van der Waals surface area contributed by atoms with Gasteiger partial charge in [-0.1, -0.05) is 13.8 Å². The second-order valence-electron chi connectivity index (χ2n) is 5.92. The van der Waals surface area contributed by atoms with Gasteiger partial charge < -0.3 is 5.11 Å². The molecule has 1 aromatic heterocycles. The minimum atomic E-state index is -3.65. The van der Waals surface area contributed by atoms with Crippen molar-refractivity contribution in [2.45, 2.75) is 51.0 Å². The van der Waals surface area contributed by atoms with Crippen molar-refractivity contribution in [1.29, 1.82) is 0 Å². The fourth-order valence-electron chi connectivity index (χ4n) is 2.78. The molecule has 1 aliphatic rings. The average molecular weight is 331 g/mol. The lowest BCUT2D eigenvalue weighted by atomic mass is 9.79. The number of aryl methyl sites for hydroxylation is 1. The zero-order valence-electron chi connectivity index (χ0n) is 12.4. The number of aromatic carboxylic acids is 1. The van der Waals surface area contributed by atoms with Crippen molar-refractivity contribution in [3.8, 4) is 0 Å². The van der Waals surface area contributed by atoms with Gasteiger partial charge in [-0.3, -0.25) is 0 Å². The molecule has 0 aromatic carbocycles. The highest BCUT2D eigenvalue weighted by Gasteiger charge is 2.30. The highest BCUT2D eigenvalue weighted by molar-refractivity contribution is 7.89. The third-order valence-corrected chi connectivity index (χ3v) is 7.11. The zero-order valence-corrected chi connectivity index (χ0v) is 14.1. The molecule has 2 rings (SSSR count). The molecule has 7 heteroatoms. The van der Waals surface area contributed by atoms with E-state index in [4.69, 9.17) is 5.11 Å². The number of hydrogen-bond donors (Lipinski definition) is 2. The van der Waals surface area contributed by atoms with Crippen LogP contribution < -0.4 is 4.72 Å². The first-order chi connectivity index (χ1) is 9.70. The maximum atomic E-state index is 12.4. The minimum absolute atomic E-state index is 0.0542. The van der Waals surface area contributed by atoms with Gasteiger partial charge >= 0.3 is 5.97 Å². The summed E-state index contributed by atoms with van der Waals surface area (Å²) in [6.45, 7) is 5.97. The van der Waals surface area contributed by atoms with Gasteiger partial charge in [0.2, 0.25) is 10.0 Å². The normalized spacial score (nSPS) is 26.7. The Bertz CT molecular complexity index is 635. The highest BCUT2D eigenvalue weighted by atomic mass is 32.2. The van der Waals surface area contributed by atoms with E-state index in [1.165, 1.54) is 6.07 Å². The summed E-state index contributed by atoms with van der Waals surface area (Å²) >= 11 is 0.994. The molecule has 1 heterocycles. The zero-order chi connectivity index (χ0) is 15.8. The number of hydrogen-bond acceptors (Lipinski definition) is 4. The van der Waals surface area contributed by atoms with Gasteiger partial charge in [0.05, 0.1) is 4.90 Å². The fourth-order valence-corrected chi connectivity index (χ4v) is 5.49. The Morgan fingerprint density at radius 1 is 1.33 bits per heavy atom. The number of carboxylic acids is 1. The van der Waals surface area contributed by atoms with Crippen LogP contribution in [0.25, 0.3) is 0 Å². The van der Waals surface area contributed by atoms with Gasteiger partial charge in [0.25, 0.3) is 0 Å². The van der Waals surface area contributed by atoms with Gasteiger partial charge in [-0.25, -0.2) is 17.9 Å². The molecule has 3 unspecified atom stereocenters. The molecule has 1 fully saturated rings. The number of sulfonamides is 1. The quantitative estimate of drug-likeness (QED) is 0.888. The summed E-state index contributed by atoms with van der Waals surface area (Å²) in [6.07, 6.45) is 2.67. The van der Waals surface area contributed by atoms with E-state index in [1.54, 1.807) is 6.92 Å². The summed E-state index contributed by atoms with van der Waals surface area (Å²) < 4.78 is 27.6. The maximum absolute atomic E-state index is 12.4. The van der Waals surface area contributed by atoms with E-state index in [1.807, 2.05) is 0 Å². The molecule has 5 nitrogen and oxygen atoms in total. The largest absolute Gasteiger partial charge is 0.477 e. The van der Waals surface area contributed by atoms with Gasteiger partial charge in [0.15, 0.2) is 0 Å². The summed E-state index contributed by atoms with van der Waals surface area (Å²) in [5.41, 5.74) is 0. The van der Waals surface area contributed by atoms with E-state index in [2.05, 4.69) is 18.6 Å². The fraction of sp³-hybridized carbons (Fsp3) is 0.643. The molecule has 1 aliphatic carbocycles. The second-order valence-corrected chi connectivity index (χ2v) is 8.86. The smallest absolute Gasteiger partial charge is 0.345 e. The first-order valence-corrected chi connectivity index (χ1v) is 9.36. The first kappa shape index (κ1) is 16.5. The lowest BCUT2D eigenvalue weighted by Gasteiger charge is -2.32. The monoisotopic (exact) mass is 331 g/mol. The summed E-state index contributed by atoms with van der Waals surface area (Å²) in [5, 5.41) is 8.97. The lowest BCUT2D eigenvalue weighted by molar-refractivity contribution is 0.0702. The average Bonchev–Trinajstić information content (AvgIpc) is 2.77. The van der Waals surface area contributed by atoms with Crippen molar-refractivity contribution in [3.05, 3.63) is 15.8 Å². The second kappa shape index (κ2) is 6.06. The Hall–Kier alpha value is -0.920. The van der Waals surface area contributed by atoms with Crippen LogP contribution in [0.15, 0.2) is 11.0 Å². The first-order valence-electron chi connectivity index (χ1n) is 7.06. The molecule has 0 saturated heterocycles. The van der Waals surface area contributed by atoms with Crippen LogP contribution >= 0.6 is 11.3 Å². The summed E-state index contributed by atoms with van der Waals surface area (Å²) in [7, 11) is -3.65. The Morgan fingerprint density at radius 2 is 2.00 bits per heavy atom. The van der Waals surface area contributed by atoms with E-state index in [0.717, 1.165) is 30.6 Å². The van der Waals surface area contributed by atoms with Crippen LogP contribution in [0.1, 0.15) is 47.7 Å². The molecule has 0 radical (unpaired) electrons. The van der Waals surface area contributed by atoms with Gasteiger partial charge in [0, 0.05) is 10.9 Å². The van der Waals surface area contributed by atoms with E-state index in [9.17, 15) is 13.2 Å². The van der Waals surface area contributed by atoms with E-state index in [-0.39, 0.29) is 15.8 Å². The number of nitrogens with one attached hydrogen (secondary N) is 1. The third-order valence-electron chi connectivity index (χ3n) is 4.29. The number of carboxylic acid groups (broad SMARTS) is 1. The Kier molecular flexibility index (Phi) is 4.75. The van der Waals surface area contributed by atoms with Crippen LogP contribution in [-0.4, -0.2) is 25.5 Å². The molecule has 1 aromatic rings. The van der Waals surface area contributed by atoms with Crippen molar-refractivity contribution in [1.82, 2.24) is 4.72 Å². The molecular formula is C14H21NO4S2. The van der Waals surface area contributed by atoms with Gasteiger partial charge in [-0.2, -0.15) is 0 Å². The van der Waals surface area contributed by atoms with Crippen molar-refractivity contribution in [3.63, 3.8) is 0 Å². The lowest BCUT2D eigenvalue weighted by Crippen LogP contribution is -2.39. The number of carbonyl (C=O) groups is 1. The van der Waals surface area contributed by atoms with Crippen LogP contribution in [0.2, 0.25) is 0 Å². The maximum Gasteiger partial charge on any atom is 0.345 e. The van der Waals surface area contributed by atoms with Crippen LogP contribution in [0, 0.1) is 18.8 Å². The molecule has 118 valence electrons. The SMILES string of the molecule is Cc1sc(C(=O)O)cc1S(=O)(=O)NC1CCC(C)C(C)C1. The van der Waals surface area contributed by atoms with Crippen molar-refractivity contribution in [2.75, 3.05) is 0 Å². The molecule has 21 heavy (non-hydrogen) atoms. The van der Waals surface area contributed by atoms with E-state index < -0.39 is 16.0 Å². The number of rotatable bonds is 4. The standard InChI is InChI=1S/C14H21NO4S2/c1-8-4-5-11(6-9(8)2)15-21(18,19)13-7-12(14(16)17)20-10(13)3/h7-9,11,15H,4-6H2,1-3H3,(H,16,17). The summed E-state index contributed by atoms with van der Waals surface area (Å²) in [5.74, 6) is 0.0153. The molecular weight excluding hydrogens is 310 g/mol. The van der Waals surface area contributed by atoms with E-state index >= 15 is 0 Å². The van der Waals surface area contributed by atoms with Crippen LogP contribution in [0.3, 0.4) is 0 Å². The molecule has 3 atom stereocenters. The number of thiophene rings is 1. The summed E-state index contributed by atoms with van der Waals surface area (Å²) in [6, 6.07) is 1.19. The minimum Gasteiger partial charge on any atom is -0.477 e. The van der Waals surface area contributed by atoms with Crippen molar-refractivity contribution >= 4 is 27.3 Å². The predicted molar refractivity (Wildman–Crippen MR) is 82.3 cm³/mol. The van der Waals surface area contributed by atoms with Crippen molar-refractivity contribution < 1.29 is 18.3 Å². The topological polar surface area (TPSA) is 83.5 Å². The Balaban J connectivity index is 2.17. The molecule has 2 N–H and O–H groups in total. The molecule has 0 spiro atoms. The highest BCUT2D eigenvalue weighted by Crippen LogP contribution is 2.31. The molecule has 0 aliphatic heterocycles. The van der Waals surface area contributed by atoms with Gasteiger partial charge in [0.1, 0.15) is 4.88 Å². The summed E-state index contributed by atoms with van der Waals surface area (Å²) in [4.78, 5) is 11.6.